The van der Waals surface area contributed by atoms with Gasteiger partial charge in [-0.2, -0.15) is 0 Å². The first-order valence-corrected chi connectivity index (χ1v) is 8.21. The van der Waals surface area contributed by atoms with Crippen molar-refractivity contribution >= 4 is 5.91 Å². The van der Waals surface area contributed by atoms with Gasteiger partial charge in [-0.1, -0.05) is 45.0 Å². The number of carbonyl (C=O) groups excluding carboxylic acids is 1. The molecular weight excluding hydrogens is 260 g/mol. The summed E-state index contributed by atoms with van der Waals surface area (Å²) < 4.78 is 0. The van der Waals surface area contributed by atoms with Crippen molar-refractivity contribution in [2.45, 2.75) is 46.1 Å². The van der Waals surface area contributed by atoms with Crippen LogP contribution in [0.5, 0.6) is 0 Å². The summed E-state index contributed by atoms with van der Waals surface area (Å²) >= 11 is 0. The Morgan fingerprint density at radius 3 is 2.57 bits per heavy atom. The van der Waals surface area contributed by atoms with E-state index in [9.17, 15) is 4.79 Å². The molecular formula is C18H28N2O. The minimum Gasteiger partial charge on any atom is -0.349 e. The van der Waals surface area contributed by atoms with E-state index < -0.39 is 0 Å². The van der Waals surface area contributed by atoms with Crippen molar-refractivity contribution in [3.8, 4) is 0 Å². The highest BCUT2D eigenvalue weighted by Gasteiger charge is 2.25. The number of carbonyl (C=O) groups is 1. The molecule has 1 amide bonds. The Morgan fingerprint density at radius 1 is 1.33 bits per heavy atom. The molecule has 1 aliphatic rings. The predicted molar refractivity (Wildman–Crippen MR) is 87.1 cm³/mol. The van der Waals surface area contributed by atoms with Crippen molar-refractivity contribution in [2.24, 2.45) is 11.8 Å². The van der Waals surface area contributed by atoms with E-state index in [1.165, 1.54) is 11.1 Å². The Labute approximate surface area is 128 Å². The lowest BCUT2D eigenvalue weighted by molar-refractivity contribution is -0.126. The van der Waals surface area contributed by atoms with Gasteiger partial charge in [0.25, 0.3) is 0 Å². The van der Waals surface area contributed by atoms with Crippen molar-refractivity contribution in [3.63, 3.8) is 0 Å². The third-order valence-electron chi connectivity index (χ3n) is 4.38. The summed E-state index contributed by atoms with van der Waals surface area (Å²) in [6, 6.07) is 8.74. The molecule has 1 aromatic carbocycles. The zero-order valence-electron chi connectivity index (χ0n) is 13.5. The Morgan fingerprint density at radius 2 is 2.05 bits per heavy atom. The van der Waals surface area contributed by atoms with Crippen LogP contribution in [0.25, 0.3) is 0 Å². The van der Waals surface area contributed by atoms with Crippen molar-refractivity contribution < 1.29 is 4.79 Å². The van der Waals surface area contributed by atoms with Crippen LogP contribution in [0.4, 0.5) is 0 Å². The molecule has 21 heavy (non-hydrogen) atoms. The van der Waals surface area contributed by atoms with Crippen LogP contribution in [0.2, 0.25) is 0 Å². The average Bonchev–Trinajstić information content (AvgIpc) is 2.53. The zero-order valence-corrected chi connectivity index (χ0v) is 13.5. The second-order valence-electron chi connectivity index (χ2n) is 6.37. The largest absolute Gasteiger partial charge is 0.349 e. The van der Waals surface area contributed by atoms with Gasteiger partial charge in [0, 0.05) is 6.54 Å². The number of nitrogens with one attached hydrogen (secondary N) is 2. The van der Waals surface area contributed by atoms with Crippen LogP contribution in [0.3, 0.4) is 0 Å². The van der Waals surface area contributed by atoms with E-state index in [0.717, 1.165) is 32.4 Å². The Hall–Kier alpha value is -1.35. The number of rotatable bonds is 5. The van der Waals surface area contributed by atoms with Crippen molar-refractivity contribution in [1.29, 1.82) is 0 Å². The van der Waals surface area contributed by atoms with Gasteiger partial charge in [-0.05, 0) is 42.9 Å². The SMILES string of the molecule is CCc1ccc(C(NC(=O)C2CCCNC2)C(C)C)cc1. The maximum Gasteiger partial charge on any atom is 0.224 e. The number of amides is 1. The van der Waals surface area contributed by atoms with Crippen LogP contribution < -0.4 is 10.6 Å². The average molecular weight is 288 g/mol. The van der Waals surface area contributed by atoms with E-state index in [-0.39, 0.29) is 17.9 Å². The van der Waals surface area contributed by atoms with Gasteiger partial charge in [0.15, 0.2) is 0 Å². The van der Waals surface area contributed by atoms with Gasteiger partial charge in [0.2, 0.25) is 5.91 Å². The van der Waals surface area contributed by atoms with E-state index >= 15 is 0 Å². The molecule has 1 aliphatic heterocycles. The topological polar surface area (TPSA) is 41.1 Å². The van der Waals surface area contributed by atoms with Gasteiger partial charge in [0.05, 0.1) is 12.0 Å². The van der Waals surface area contributed by atoms with Crippen LogP contribution in [0.15, 0.2) is 24.3 Å². The van der Waals surface area contributed by atoms with E-state index in [0.29, 0.717) is 5.92 Å². The zero-order chi connectivity index (χ0) is 15.2. The molecule has 1 saturated heterocycles. The molecule has 0 saturated carbocycles. The molecule has 3 nitrogen and oxygen atoms in total. The summed E-state index contributed by atoms with van der Waals surface area (Å²) in [6.07, 6.45) is 3.14. The highest BCUT2D eigenvalue weighted by atomic mass is 16.2. The summed E-state index contributed by atoms with van der Waals surface area (Å²) in [6.45, 7) is 8.34. The molecule has 0 radical (unpaired) electrons. The van der Waals surface area contributed by atoms with Crippen molar-refractivity contribution in [1.82, 2.24) is 10.6 Å². The highest BCUT2D eigenvalue weighted by molar-refractivity contribution is 5.79. The number of benzene rings is 1. The summed E-state index contributed by atoms with van der Waals surface area (Å²) in [5.41, 5.74) is 2.54. The number of hydrogen-bond donors (Lipinski definition) is 2. The molecule has 3 heteroatoms. The minimum atomic E-state index is 0.102. The van der Waals surface area contributed by atoms with E-state index in [2.05, 4.69) is 55.7 Å². The van der Waals surface area contributed by atoms with Crippen LogP contribution in [-0.2, 0) is 11.2 Å². The van der Waals surface area contributed by atoms with E-state index in [1.807, 2.05) is 0 Å². The van der Waals surface area contributed by atoms with Gasteiger partial charge in [-0.15, -0.1) is 0 Å². The van der Waals surface area contributed by atoms with Gasteiger partial charge in [-0.3, -0.25) is 4.79 Å². The molecule has 116 valence electrons. The second-order valence-corrected chi connectivity index (χ2v) is 6.37. The maximum absolute atomic E-state index is 12.5. The number of aryl methyl sites for hydroxylation is 1. The first kappa shape index (κ1) is 16.0. The lowest BCUT2D eigenvalue weighted by Gasteiger charge is -2.28. The smallest absolute Gasteiger partial charge is 0.224 e. The van der Waals surface area contributed by atoms with Crippen molar-refractivity contribution in [3.05, 3.63) is 35.4 Å². The Bertz CT molecular complexity index is 447. The molecule has 1 aromatic rings. The summed E-state index contributed by atoms with van der Waals surface area (Å²) in [4.78, 5) is 12.5. The van der Waals surface area contributed by atoms with Gasteiger partial charge in [0.1, 0.15) is 0 Å². The van der Waals surface area contributed by atoms with Gasteiger partial charge in [-0.25, -0.2) is 0 Å². The first-order chi connectivity index (χ1) is 10.1. The highest BCUT2D eigenvalue weighted by Crippen LogP contribution is 2.23. The minimum absolute atomic E-state index is 0.102. The lowest BCUT2D eigenvalue weighted by atomic mass is 9.92. The standard InChI is InChI=1S/C18H28N2O/c1-4-14-7-9-15(10-8-14)17(13(2)3)20-18(21)16-6-5-11-19-12-16/h7-10,13,16-17,19H,4-6,11-12H2,1-3H3,(H,20,21). The maximum atomic E-state index is 12.5. The second kappa shape index (κ2) is 7.60. The molecule has 0 spiro atoms. The molecule has 0 aromatic heterocycles. The van der Waals surface area contributed by atoms with Crippen LogP contribution in [0, 0.1) is 11.8 Å². The summed E-state index contributed by atoms with van der Waals surface area (Å²) in [5.74, 6) is 0.702. The molecule has 2 rings (SSSR count). The normalized spacial score (nSPS) is 20.3. The molecule has 0 aliphatic carbocycles. The molecule has 2 unspecified atom stereocenters. The van der Waals surface area contributed by atoms with Crippen molar-refractivity contribution in [2.75, 3.05) is 13.1 Å². The quantitative estimate of drug-likeness (QED) is 0.874. The molecule has 1 fully saturated rings. The van der Waals surface area contributed by atoms with Crippen LogP contribution in [0.1, 0.15) is 50.8 Å². The third-order valence-corrected chi connectivity index (χ3v) is 4.38. The number of piperidine rings is 1. The van der Waals surface area contributed by atoms with Crippen LogP contribution >= 0.6 is 0 Å². The predicted octanol–water partition coefficient (Wildman–Crippen LogP) is 3.06. The fraction of sp³-hybridized carbons (Fsp3) is 0.611. The molecule has 1 heterocycles. The van der Waals surface area contributed by atoms with Gasteiger partial charge >= 0.3 is 0 Å². The molecule has 0 bridgehead atoms. The fourth-order valence-electron chi connectivity index (χ4n) is 2.94. The summed E-state index contributed by atoms with van der Waals surface area (Å²) in [5, 5.41) is 6.57. The van der Waals surface area contributed by atoms with E-state index in [1.54, 1.807) is 0 Å². The Kier molecular flexibility index (Phi) is 5.80. The Balaban J connectivity index is 2.05. The monoisotopic (exact) mass is 288 g/mol. The summed E-state index contributed by atoms with van der Waals surface area (Å²) in [7, 11) is 0. The first-order valence-electron chi connectivity index (χ1n) is 8.21. The fourth-order valence-corrected chi connectivity index (χ4v) is 2.94. The van der Waals surface area contributed by atoms with E-state index in [4.69, 9.17) is 0 Å². The molecule has 2 N–H and O–H groups in total. The van der Waals surface area contributed by atoms with Crippen LogP contribution in [-0.4, -0.2) is 19.0 Å². The lowest BCUT2D eigenvalue weighted by Crippen LogP contribution is -2.42. The van der Waals surface area contributed by atoms with Gasteiger partial charge < -0.3 is 10.6 Å². The number of hydrogen-bond acceptors (Lipinski definition) is 2. The third kappa shape index (κ3) is 4.31. The molecule has 2 atom stereocenters.